The fourth-order valence-corrected chi connectivity index (χ4v) is 1.44. The first-order valence-corrected chi connectivity index (χ1v) is 4.72. The van der Waals surface area contributed by atoms with E-state index in [2.05, 4.69) is 0 Å². The molecule has 0 amide bonds. The molecule has 1 aromatic carbocycles. The average Bonchev–Trinajstić information content (AvgIpc) is 2.15. The van der Waals surface area contributed by atoms with Crippen LogP contribution in [0.2, 0.25) is 0 Å². The number of Topliss-reactive ketones (excluding diaryl/α,β-unsaturated/α-hetero) is 2. The van der Waals surface area contributed by atoms with Crippen molar-refractivity contribution in [1.82, 2.24) is 0 Å². The molecule has 5 heteroatoms. The van der Waals surface area contributed by atoms with Gasteiger partial charge in [0.15, 0.2) is 11.6 Å². The first-order chi connectivity index (χ1) is 7.40. The zero-order valence-corrected chi connectivity index (χ0v) is 8.94. The molecule has 0 aliphatic heterocycles. The van der Waals surface area contributed by atoms with Crippen LogP contribution in [-0.4, -0.2) is 26.9 Å². The lowest BCUT2D eigenvalue weighted by Crippen LogP contribution is -2.03. The number of carbonyl (C=O) groups excluding carboxylic acids is 2. The summed E-state index contributed by atoms with van der Waals surface area (Å²) in [4.78, 5) is 22.6. The van der Waals surface area contributed by atoms with Gasteiger partial charge in [0.25, 0.3) is 0 Å². The fraction of sp³-hybridized carbons (Fsp3) is 0.273. The predicted molar refractivity (Wildman–Crippen MR) is 56.1 cm³/mol. The van der Waals surface area contributed by atoms with Crippen LogP contribution in [-0.2, 0) is 0 Å². The standard InChI is InChI=1S/C11H12O5/c1-3-6(13)10-8(15)4-7(14)9(5(2)12)11(10)16/h4,14-16H,3H2,1-2H3. The molecule has 3 N–H and O–H groups in total. The van der Waals surface area contributed by atoms with E-state index in [9.17, 15) is 24.9 Å². The lowest BCUT2D eigenvalue weighted by Gasteiger charge is -2.10. The highest BCUT2D eigenvalue weighted by Crippen LogP contribution is 2.38. The molecule has 0 radical (unpaired) electrons. The molecule has 1 aromatic rings. The summed E-state index contributed by atoms with van der Waals surface area (Å²) in [6.07, 6.45) is 0.0727. The molecule has 0 aliphatic rings. The Morgan fingerprint density at radius 1 is 1.12 bits per heavy atom. The molecule has 0 saturated heterocycles. The van der Waals surface area contributed by atoms with E-state index >= 15 is 0 Å². The van der Waals surface area contributed by atoms with E-state index in [0.717, 1.165) is 13.0 Å². The summed E-state index contributed by atoms with van der Waals surface area (Å²) in [5, 5.41) is 28.5. The highest BCUT2D eigenvalue weighted by molar-refractivity contribution is 6.07. The summed E-state index contributed by atoms with van der Waals surface area (Å²) in [6.45, 7) is 2.70. The van der Waals surface area contributed by atoms with Crippen LogP contribution >= 0.6 is 0 Å². The van der Waals surface area contributed by atoms with Crippen molar-refractivity contribution in [2.45, 2.75) is 20.3 Å². The zero-order chi connectivity index (χ0) is 12.5. The van der Waals surface area contributed by atoms with Crippen LogP contribution in [0, 0.1) is 0 Å². The third-order valence-corrected chi connectivity index (χ3v) is 2.21. The number of carbonyl (C=O) groups is 2. The van der Waals surface area contributed by atoms with E-state index in [1.54, 1.807) is 6.92 Å². The number of rotatable bonds is 3. The lowest BCUT2D eigenvalue weighted by atomic mass is 9.99. The average molecular weight is 224 g/mol. The number of phenolic OH excluding ortho intramolecular Hbond substituents is 3. The molecule has 1 rings (SSSR count). The third kappa shape index (κ3) is 1.84. The van der Waals surface area contributed by atoms with Gasteiger partial charge in [0.1, 0.15) is 28.4 Å². The number of hydrogen-bond donors (Lipinski definition) is 3. The summed E-state index contributed by atoms with van der Waals surface area (Å²) in [5.74, 6) is -2.84. The van der Waals surface area contributed by atoms with Crippen molar-refractivity contribution >= 4 is 11.6 Å². The summed E-state index contributed by atoms with van der Waals surface area (Å²) >= 11 is 0. The summed E-state index contributed by atoms with van der Waals surface area (Å²) in [5.41, 5.74) is -0.680. The van der Waals surface area contributed by atoms with Gasteiger partial charge in [-0.25, -0.2) is 0 Å². The van der Waals surface area contributed by atoms with E-state index in [-0.39, 0.29) is 17.5 Å². The molecule has 86 valence electrons. The van der Waals surface area contributed by atoms with Gasteiger partial charge in [-0.05, 0) is 6.92 Å². The number of phenols is 3. The number of hydrogen-bond acceptors (Lipinski definition) is 5. The Kier molecular flexibility index (Phi) is 3.17. The monoisotopic (exact) mass is 224 g/mol. The second-order valence-electron chi connectivity index (χ2n) is 3.35. The molecule has 0 aromatic heterocycles. The highest BCUT2D eigenvalue weighted by Gasteiger charge is 2.23. The predicted octanol–water partition coefficient (Wildman–Crippen LogP) is 1.60. The van der Waals surface area contributed by atoms with Crippen LogP contribution < -0.4 is 0 Å². The molecule has 0 unspecified atom stereocenters. The fourth-order valence-electron chi connectivity index (χ4n) is 1.44. The second-order valence-corrected chi connectivity index (χ2v) is 3.35. The molecule has 0 aliphatic carbocycles. The zero-order valence-electron chi connectivity index (χ0n) is 8.94. The first kappa shape index (κ1) is 12.0. The van der Waals surface area contributed by atoms with Gasteiger partial charge < -0.3 is 15.3 Å². The van der Waals surface area contributed by atoms with E-state index in [0.29, 0.717) is 0 Å². The van der Waals surface area contributed by atoms with Gasteiger partial charge in [0.05, 0.1) is 0 Å². The second kappa shape index (κ2) is 4.22. The van der Waals surface area contributed by atoms with Gasteiger partial charge >= 0.3 is 0 Å². The van der Waals surface area contributed by atoms with E-state index in [1.165, 1.54) is 0 Å². The normalized spacial score (nSPS) is 10.1. The summed E-state index contributed by atoms with van der Waals surface area (Å²) < 4.78 is 0. The maximum absolute atomic E-state index is 11.4. The minimum Gasteiger partial charge on any atom is -0.507 e. The Morgan fingerprint density at radius 3 is 2.06 bits per heavy atom. The number of benzene rings is 1. The molecule has 0 saturated carbocycles. The quantitative estimate of drug-likeness (QED) is 0.678. The molecule has 16 heavy (non-hydrogen) atoms. The largest absolute Gasteiger partial charge is 0.507 e. The summed E-state index contributed by atoms with van der Waals surface area (Å²) in [6, 6.07) is 0.874. The van der Waals surface area contributed by atoms with Crippen LogP contribution in [0.5, 0.6) is 17.2 Å². The minimum atomic E-state index is -0.670. The van der Waals surface area contributed by atoms with Crippen LogP contribution in [0.4, 0.5) is 0 Å². The highest BCUT2D eigenvalue weighted by atomic mass is 16.3. The van der Waals surface area contributed by atoms with Crippen LogP contribution in [0.3, 0.4) is 0 Å². The van der Waals surface area contributed by atoms with Crippen molar-refractivity contribution in [1.29, 1.82) is 0 Å². The Morgan fingerprint density at radius 2 is 1.62 bits per heavy atom. The molecule has 0 heterocycles. The SMILES string of the molecule is CCC(=O)c1c(O)cc(O)c(C(C)=O)c1O. The van der Waals surface area contributed by atoms with Crippen LogP contribution in [0.15, 0.2) is 6.07 Å². The van der Waals surface area contributed by atoms with Crippen molar-refractivity contribution in [3.05, 3.63) is 17.2 Å². The van der Waals surface area contributed by atoms with Crippen molar-refractivity contribution < 1.29 is 24.9 Å². The van der Waals surface area contributed by atoms with Crippen molar-refractivity contribution in [2.24, 2.45) is 0 Å². The number of ketones is 2. The molecule has 0 bridgehead atoms. The molecule has 0 atom stereocenters. The smallest absolute Gasteiger partial charge is 0.170 e. The Balaban J connectivity index is 3.57. The Hall–Kier alpha value is -2.04. The molecule has 0 spiro atoms. The molecule has 0 fully saturated rings. The van der Waals surface area contributed by atoms with E-state index in [1.807, 2.05) is 0 Å². The van der Waals surface area contributed by atoms with Crippen molar-refractivity contribution in [3.8, 4) is 17.2 Å². The van der Waals surface area contributed by atoms with Gasteiger partial charge in [-0.3, -0.25) is 9.59 Å². The van der Waals surface area contributed by atoms with Gasteiger partial charge in [0.2, 0.25) is 0 Å². The first-order valence-electron chi connectivity index (χ1n) is 4.72. The van der Waals surface area contributed by atoms with E-state index in [4.69, 9.17) is 0 Å². The lowest BCUT2D eigenvalue weighted by molar-refractivity contribution is 0.0982. The van der Waals surface area contributed by atoms with Crippen molar-refractivity contribution in [2.75, 3.05) is 0 Å². The Labute approximate surface area is 92.0 Å². The number of aromatic hydroxyl groups is 3. The minimum absolute atomic E-state index is 0.0727. The van der Waals surface area contributed by atoms with Crippen LogP contribution in [0.1, 0.15) is 41.0 Å². The van der Waals surface area contributed by atoms with Crippen LogP contribution in [0.25, 0.3) is 0 Å². The third-order valence-electron chi connectivity index (χ3n) is 2.21. The van der Waals surface area contributed by atoms with Gasteiger partial charge in [-0.15, -0.1) is 0 Å². The molecular formula is C11H12O5. The van der Waals surface area contributed by atoms with E-state index < -0.39 is 28.8 Å². The van der Waals surface area contributed by atoms with Crippen molar-refractivity contribution in [3.63, 3.8) is 0 Å². The van der Waals surface area contributed by atoms with Gasteiger partial charge in [-0.1, -0.05) is 6.92 Å². The maximum Gasteiger partial charge on any atom is 0.170 e. The molecule has 5 nitrogen and oxygen atoms in total. The molecular weight excluding hydrogens is 212 g/mol. The maximum atomic E-state index is 11.4. The topological polar surface area (TPSA) is 94.8 Å². The van der Waals surface area contributed by atoms with Gasteiger partial charge in [-0.2, -0.15) is 0 Å². The summed E-state index contributed by atoms with van der Waals surface area (Å²) in [7, 11) is 0. The Bertz CT molecular complexity index is 462. The van der Waals surface area contributed by atoms with Gasteiger partial charge in [0, 0.05) is 12.5 Å².